The molecule has 2 aromatic heterocycles. The molecule has 0 aliphatic carbocycles. The van der Waals surface area contributed by atoms with Crippen molar-refractivity contribution in [3.63, 3.8) is 0 Å². The molecule has 1 aromatic carbocycles. The summed E-state index contributed by atoms with van der Waals surface area (Å²) in [5.41, 5.74) is 1.40. The molecular weight excluding hydrogens is 370 g/mol. The standard InChI is InChI=1S/C21H21N5O3/c27-19-9-8-18(24-26(19)17-6-2-1-3-7-17)21(28)23-15-16-5-4-10-22-20(16)25-11-13-29-14-12-25/h1-10H,11-15H2,(H,23,28). The van der Waals surface area contributed by atoms with E-state index in [0.717, 1.165) is 24.5 Å². The van der Waals surface area contributed by atoms with Crippen molar-refractivity contribution < 1.29 is 9.53 Å². The highest BCUT2D eigenvalue weighted by Gasteiger charge is 2.17. The number of hydrogen-bond acceptors (Lipinski definition) is 6. The van der Waals surface area contributed by atoms with Crippen molar-refractivity contribution in [1.82, 2.24) is 20.1 Å². The Morgan fingerprint density at radius 2 is 1.83 bits per heavy atom. The number of hydrogen-bond donors (Lipinski definition) is 1. The summed E-state index contributed by atoms with van der Waals surface area (Å²) in [5.74, 6) is 0.491. The molecule has 4 rings (SSSR count). The van der Waals surface area contributed by atoms with Crippen molar-refractivity contribution in [3.8, 4) is 5.69 Å². The number of aromatic nitrogens is 3. The number of anilines is 1. The fraction of sp³-hybridized carbons (Fsp3) is 0.238. The summed E-state index contributed by atoms with van der Waals surface area (Å²) in [5, 5.41) is 7.09. The number of pyridine rings is 1. The van der Waals surface area contributed by atoms with E-state index in [1.165, 1.54) is 16.8 Å². The van der Waals surface area contributed by atoms with Crippen LogP contribution in [0.4, 0.5) is 5.82 Å². The van der Waals surface area contributed by atoms with E-state index in [4.69, 9.17) is 4.74 Å². The first-order valence-corrected chi connectivity index (χ1v) is 9.43. The van der Waals surface area contributed by atoms with Crippen molar-refractivity contribution >= 4 is 11.7 Å². The van der Waals surface area contributed by atoms with Gasteiger partial charge >= 0.3 is 0 Å². The maximum absolute atomic E-state index is 12.7. The van der Waals surface area contributed by atoms with Gasteiger partial charge in [0.05, 0.1) is 18.9 Å². The largest absolute Gasteiger partial charge is 0.378 e. The number of ether oxygens (including phenoxy) is 1. The summed E-state index contributed by atoms with van der Waals surface area (Å²) < 4.78 is 6.62. The topological polar surface area (TPSA) is 89.4 Å². The fourth-order valence-electron chi connectivity index (χ4n) is 3.18. The minimum absolute atomic E-state index is 0.172. The molecular formula is C21H21N5O3. The van der Waals surface area contributed by atoms with Crippen LogP contribution in [0.2, 0.25) is 0 Å². The molecule has 148 valence electrons. The molecule has 1 N–H and O–H groups in total. The number of morpholine rings is 1. The van der Waals surface area contributed by atoms with Crippen LogP contribution >= 0.6 is 0 Å². The second kappa shape index (κ2) is 8.66. The number of carbonyl (C=O) groups is 1. The number of amides is 1. The van der Waals surface area contributed by atoms with Crippen LogP contribution in [0.15, 0.2) is 65.6 Å². The number of para-hydroxylation sites is 1. The predicted molar refractivity (Wildman–Crippen MR) is 108 cm³/mol. The van der Waals surface area contributed by atoms with E-state index in [0.29, 0.717) is 25.4 Å². The summed E-state index contributed by atoms with van der Waals surface area (Å²) in [6, 6.07) is 15.6. The molecule has 8 heteroatoms. The van der Waals surface area contributed by atoms with E-state index in [2.05, 4.69) is 20.3 Å². The normalized spacial score (nSPS) is 13.9. The highest BCUT2D eigenvalue weighted by Crippen LogP contribution is 2.18. The lowest BCUT2D eigenvalue weighted by Crippen LogP contribution is -2.38. The lowest BCUT2D eigenvalue weighted by atomic mass is 10.2. The van der Waals surface area contributed by atoms with Gasteiger partial charge < -0.3 is 15.0 Å². The molecule has 8 nitrogen and oxygen atoms in total. The maximum atomic E-state index is 12.7. The maximum Gasteiger partial charge on any atom is 0.272 e. The fourth-order valence-corrected chi connectivity index (χ4v) is 3.18. The van der Waals surface area contributed by atoms with Crippen molar-refractivity contribution in [2.75, 3.05) is 31.2 Å². The Bertz CT molecular complexity index is 1050. The van der Waals surface area contributed by atoms with Gasteiger partial charge in [0.25, 0.3) is 11.5 Å². The van der Waals surface area contributed by atoms with Crippen LogP contribution in [0, 0.1) is 0 Å². The lowest BCUT2D eigenvalue weighted by molar-refractivity contribution is 0.0944. The third-order valence-corrected chi connectivity index (χ3v) is 4.65. The Morgan fingerprint density at radius 3 is 2.62 bits per heavy atom. The van der Waals surface area contributed by atoms with Gasteiger partial charge in [-0.3, -0.25) is 9.59 Å². The molecule has 3 heterocycles. The average Bonchev–Trinajstić information content (AvgIpc) is 2.79. The van der Waals surface area contributed by atoms with E-state index in [1.54, 1.807) is 18.3 Å². The molecule has 0 saturated carbocycles. The van der Waals surface area contributed by atoms with Crippen LogP contribution in [0.5, 0.6) is 0 Å². The summed E-state index contributed by atoms with van der Waals surface area (Å²) in [7, 11) is 0. The first kappa shape index (κ1) is 18.8. The lowest BCUT2D eigenvalue weighted by Gasteiger charge is -2.29. The van der Waals surface area contributed by atoms with E-state index >= 15 is 0 Å². The molecule has 1 saturated heterocycles. The van der Waals surface area contributed by atoms with Crippen molar-refractivity contribution in [2.45, 2.75) is 6.54 Å². The van der Waals surface area contributed by atoms with Gasteiger partial charge in [-0.15, -0.1) is 0 Å². The number of nitrogens with zero attached hydrogens (tertiary/aromatic N) is 4. The predicted octanol–water partition coefficient (Wildman–Crippen LogP) is 1.39. The van der Waals surface area contributed by atoms with Crippen LogP contribution in [0.1, 0.15) is 16.1 Å². The quantitative estimate of drug-likeness (QED) is 0.707. The first-order chi connectivity index (χ1) is 14.2. The van der Waals surface area contributed by atoms with Crippen molar-refractivity contribution in [3.05, 3.63) is 82.4 Å². The van der Waals surface area contributed by atoms with Gasteiger partial charge in [0, 0.05) is 37.5 Å². The number of rotatable bonds is 5. The molecule has 3 aromatic rings. The van der Waals surface area contributed by atoms with Gasteiger partial charge in [-0.1, -0.05) is 24.3 Å². The van der Waals surface area contributed by atoms with Crippen LogP contribution in [0.3, 0.4) is 0 Å². The van der Waals surface area contributed by atoms with Crippen LogP contribution in [-0.4, -0.2) is 47.0 Å². The molecule has 1 aliphatic rings. The Labute approximate surface area is 167 Å². The van der Waals surface area contributed by atoms with Crippen LogP contribution < -0.4 is 15.8 Å². The minimum atomic E-state index is -0.355. The zero-order chi connectivity index (χ0) is 20.1. The number of benzene rings is 1. The Kier molecular flexibility index (Phi) is 5.62. The van der Waals surface area contributed by atoms with Gasteiger partial charge in [0.2, 0.25) is 0 Å². The summed E-state index contributed by atoms with van der Waals surface area (Å²) in [6.07, 6.45) is 1.74. The summed E-state index contributed by atoms with van der Waals surface area (Å²) >= 11 is 0. The molecule has 29 heavy (non-hydrogen) atoms. The molecule has 0 unspecified atom stereocenters. The molecule has 0 spiro atoms. The molecule has 0 radical (unpaired) electrons. The second-order valence-corrected chi connectivity index (χ2v) is 6.57. The van der Waals surface area contributed by atoms with Gasteiger partial charge in [-0.05, 0) is 24.3 Å². The zero-order valence-corrected chi connectivity index (χ0v) is 15.8. The number of carbonyl (C=O) groups excluding carboxylic acids is 1. The molecule has 1 fully saturated rings. The van der Waals surface area contributed by atoms with Gasteiger partial charge in [0.1, 0.15) is 11.5 Å². The second-order valence-electron chi connectivity index (χ2n) is 6.57. The Balaban J connectivity index is 1.51. The SMILES string of the molecule is O=C(NCc1cccnc1N1CCOCC1)c1ccc(=O)n(-c2ccccc2)n1. The van der Waals surface area contributed by atoms with Crippen LogP contribution in [-0.2, 0) is 11.3 Å². The number of nitrogens with one attached hydrogen (secondary N) is 1. The van der Waals surface area contributed by atoms with Gasteiger partial charge in [-0.2, -0.15) is 9.78 Å². The van der Waals surface area contributed by atoms with E-state index < -0.39 is 0 Å². The monoisotopic (exact) mass is 391 g/mol. The Hall–Kier alpha value is -3.52. The van der Waals surface area contributed by atoms with Gasteiger partial charge in [-0.25, -0.2) is 4.98 Å². The van der Waals surface area contributed by atoms with Crippen LogP contribution in [0.25, 0.3) is 5.69 Å². The highest BCUT2D eigenvalue weighted by molar-refractivity contribution is 5.92. The molecule has 1 amide bonds. The van der Waals surface area contributed by atoms with Crippen molar-refractivity contribution in [2.24, 2.45) is 0 Å². The van der Waals surface area contributed by atoms with E-state index in [-0.39, 0.29) is 17.2 Å². The van der Waals surface area contributed by atoms with E-state index in [9.17, 15) is 9.59 Å². The highest BCUT2D eigenvalue weighted by atomic mass is 16.5. The average molecular weight is 391 g/mol. The molecule has 1 aliphatic heterocycles. The van der Waals surface area contributed by atoms with E-state index in [1.807, 2.05) is 30.3 Å². The third-order valence-electron chi connectivity index (χ3n) is 4.65. The first-order valence-electron chi connectivity index (χ1n) is 9.43. The van der Waals surface area contributed by atoms with Gasteiger partial charge in [0.15, 0.2) is 0 Å². The summed E-state index contributed by atoms with van der Waals surface area (Å²) in [4.78, 5) is 31.4. The van der Waals surface area contributed by atoms with Crippen molar-refractivity contribution in [1.29, 1.82) is 0 Å². The minimum Gasteiger partial charge on any atom is -0.378 e. The summed E-state index contributed by atoms with van der Waals surface area (Å²) in [6.45, 7) is 3.16. The zero-order valence-electron chi connectivity index (χ0n) is 15.8. The molecule has 0 bridgehead atoms. The smallest absolute Gasteiger partial charge is 0.272 e. The Morgan fingerprint density at radius 1 is 1.03 bits per heavy atom. The molecule has 0 atom stereocenters. The third kappa shape index (κ3) is 4.33.